The molecule has 0 radical (unpaired) electrons. The second kappa shape index (κ2) is 11.6. The first-order valence-corrected chi connectivity index (χ1v) is 10.7. The lowest BCUT2D eigenvalue weighted by molar-refractivity contribution is 0.107. The maximum absolute atomic E-state index is 5.81. The van der Waals surface area contributed by atoms with Crippen LogP contribution in [-0.4, -0.2) is 43.6 Å². The lowest BCUT2D eigenvalue weighted by Crippen LogP contribution is -2.44. The van der Waals surface area contributed by atoms with Gasteiger partial charge in [-0.05, 0) is 42.6 Å². The Kier molecular flexibility index (Phi) is 8.53. The predicted molar refractivity (Wildman–Crippen MR) is 120 cm³/mol. The molecule has 1 heterocycles. The van der Waals surface area contributed by atoms with Crippen molar-refractivity contribution in [2.75, 3.05) is 26.7 Å². The van der Waals surface area contributed by atoms with E-state index >= 15 is 0 Å². The topological polar surface area (TPSA) is 48.9 Å². The van der Waals surface area contributed by atoms with Crippen molar-refractivity contribution in [3.63, 3.8) is 0 Å². The molecule has 2 aromatic carbocycles. The van der Waals surface area contributed by atoms with Crippen molar-refractivity contribution in [1.82, 2.24) is 15.5 Å². The second-order valence-corrected chi connectivity index (χ2v) is 7.53. The summed E-state index contributed by atoms with van der Waals surface area (Å²) in [6, 6.07) is 19.5. The molecule has 2 aromatic rings. The predicted octanol–water partition coefficient (Wildman–Crippen LogP) is 3.55. The third-order valence-electron chi connectivity index (χ3n) is 5.50. The van der Waals surface area contributed by atoms with Gasteiger partial charge < -0.3 is 15.4 Å². The first kappa shape index (κ1) is 21.3. The Morgan fingerprint density at radius 1 is 1.00 bits per heavy atom. The first-order chi connectivity index (χ1) is 14.3. The Morgan fingerprint density at radius 2 is 1.69 bits per heavy atom. The number of guanidine groups is 1. The fraction of sp³-hybridized carbons (Fsp3) is 0.458. The summed E-state index contributed by atoms with van der Waals surface area (Å²) in [7, 11) is 1.83. The number of rotatable bonds is 9. The van der Waals surface area contributed by atoms with E-state index < -0.39 is 0 Å². The van der Waals surface area contributed by atoms with Crippen LogP contribution in [0.15, 0.2) is 59.6 Å². The Balaban J connectivity index is 1.38. The van der Waals surface area contributed by atoms with Crippen LogP contribution in [0, 0.1) is 0 Å². The molecule has 3 rings (SSSR count). The molecule has 0 saturated carbocycles. The fourth-order valence-corrected chi connectivity index (χ4v) is 3.78. The SMILES string of the molecule is CCN1CCCC1CNC(=NC)NCc1ccc(COCc2ccccc2)cc1. The highest BCUT2D eigenvalue weighted by Gasteiger charge is 2.22. The van der Waals surface area contributed by atoms with Crippen LogP contribution < -0.4 is 10.6 Å². The molecule has 1 atom stereocenters. The van der Waals surface area contributed by atoms with Crippen molar-refractivity contribution in [3.8, 4) is 0 Å². The number of benzene rings is 2. The van der Waals surface area contributed by atoms with Crippen molar-refractivity contribution in [1.29, 1.82) is 0 Å². The van der Waals surface area contributed by atoms with Gasteiger partial charge in [0.15, 0.2) is 5.96 Å². The van der Waals surface area contributed by atoms with Crippen LogP contribution in [0.1, 0.15) is 36.5 Å². The summed E-state index contributed by atoms with van der Waals surface area (Å²) >= 11 is 0. The summed E-state index contributed by atoms with van der Waals surface area (Å²) in [4.78, 5) is 6.90. The molecule has 29 heavy (non-hydrogen) atoms. The highest BCUT2D eigenvalue weighted by molar-refractivity contribution is 5.79. The summed E-state index contributed by atoms with van der Waals surface area (Å²) < 4.78 is 5.81. The van der Waals surface area contributed by atoms with Gasteiger partial charge in [-0.25, -0.2) is 0 Å². The Hall–Kier alpha value is -2.37. The van der Waals surface area contributed by atoms with Crippen LogP contribution in [0.5, 0.6) is 0 Å². The number of ether oxygens (including phenoxy) is 1. The molecule has 156 valence electrons. The summed E-state index contributed by atoms with van der Waals surface area (Å²) in [6.45, 7) is 7.56. The zero-order valence-electron chi connectivity index (χ0n) is 17.7. The normalized spacial score (nSPS) is 17.4. The van der Waals surface area contributed by atoms with Crippen molar-refractivity contribution >= 4 is 5.96 Å². The van der Waals surface area contributed by atoms with Crippen LogP contribution in [0.4, 0.5) is 0 Å². The van der Waals surface area contributed by atoms with E-state index in [1.807, 2.05) is 25.2 Å². The van der Waals surface area contributed by atoms with Crippen LogP contribution in [0.3, 0.4) is 0 Å². The molecular formula is C24H34N4O. The molecule has 1 aliphatic rings. The molecular weight excluding hydrogens is 360 g/mol. The largest absolute Gasteiger partial charge is 0.372 e. The van der Waals surface area contributed by atoms with Gasteiger partial charge in [-0.15, -0.1) is 0 Å². The van der Waals surface area contributed by atoms with Gasteiger partial charge in [0, 0.05) is 26.2 Å². The second-order valence-electron chi connectivity index (χ2n) is 7.53. The van der Waals surface area contributed by atoms with Gasteiger partial charge in [0.25, 0.3) is 0 Å². The van der Waals surface area contributed by atoms with Gasteiger partial charge >= 0.3 is 0 Å². The molecule has 2 N–H and O–H groups in total. The van der Waals surface area contributed by atoms with Crippen molar-refractivity contribution in [2.24, 2.45) is 4.99 Å². The van der Waals surface area contributed by atoms with Gasteiger partial charge in [0.05, 0.1) is 13.2 Å². The quantitative estimate of drug-likeness (QED) is 0.504. The number of hydrogen-bond acceptors (Lipinski definition) is 3. The summed E-state index contributed by atoms with van der Waals surface area (Å²) in [5.74, 6) is 0.864. The molecule has 1 fully saturated rings. The van der Waals surface area contributed by atoms with E-state index in [0.29, 0.717) is 19.3 Å². The van der Waals surface area contributed by atoms with Crippen molar-refractivity contribution in [3.05, 3.63) is 71.3 Å². The van der Waals surface area contributed by atoms with Crippen molar-refractivity contribution < 1.29 is 4.74 Å². The zero-order valence-corrected chi connectivity index (χ0v) is 17.7. The van der Waals surface area contributed by atoms with Gasteiger partial charge in [-0.3, -0.25) is 9.89 Å². The zero-order chi connectivity index (χ0) is 20.3. The van der Waals surface area contributed by atoms with Crippen LogP contribution in [0.25, 0.3) is 0 Å². The maximum atomic E-state index is 5.81. The van der Waals surface area contributed by atoms with E-state index in [1.54, 1.807) is 0 Å². The summed E-state index contributed by atoms with van der Waals surface area (Å²) in [6.07, 6.45) is 2.57. The van der Waals surface area contributed by atoms with Crippen LogP contribution in [0.2, 0.25) is 0 Å². The van der Waals surface area contributed by atoms with E-state index in [4.69, 9.17) is 4.74 Å². The molecule has 0 spiro atoms. The average molecular weight is 395 g/mol. The number of nitrogens with zero attached hydrogens (tertiary/aromatic N) is 2. The molecule has 1 aliphatic heterocycles. The number of likely N-dealkylation sites (tertiary alicyclic amines) is 1. The van der Waals surface area contributed by atoms with E-state index in [9.17, 15) is 0 Å². The van der Waals surface area contributed by atoms with E-state index in [1.165, 1.54) is 36.1 Å². The smallest absolute Gasteiger partial charge is 0.191 e. The third-order valence-corrected chi connectivity index (χ3v) is 5.50. The molecule has 5 heteroatoms. The first-order valence-electron chi connectivity index (χ1n) is 10.7. The molecule has 0 aromatic heterocycles. The number of hydrogen-bond donors (Lipinski definition) is 2. The van der Waals surface area contributed by atoms with Crippen molar-refractivity contribution in [2.45, 2.75) is 45.6 Å². The minimum atomic E-state index is 0.619. The Bertz CT molecular complexity index is 745. The number of likely N-dealkylation sites (N-methyl/N-ethyl adjacent to an activating group) is 1. The molecule has 0 amide bonds. The average Bonchev–Trinajstić information content (AvgIpc) is 3.23. The Morgan fingerprint density at radius 3 is 2.38 bits per heavy atom. The molecule has 1 saturated heterocycles. The standard InChI is InChI=1S/C24H34N4O/c1-3-28-15-7-10-23(28)17-27-24(25-2)26-16-20-11-13-22(14-12-20)19-29-18-21-8-5-4-6-9-21/h4-6,8-9,11-14,23H,3,7,10,15-19H2,1-2H3,(H2,25,26,27). The molecule has 0 bridgehead atoms. The molecule has 5 nitrogen and oxygen atoms in total. The lowest BCUT2D eigenvalue weighted by atomic mass is 10.1. The van der Waals surface area contributed by atoms with Gasteiger partial charge in [-0.1, -0.05) is 61.5 Å². The highest BCUT2D eigenvalue weighted by atomic mass is 16.5. The van der Waals surface area contributed by atoms with E-state index in [-0.39, 0.29) is 0 Å². The lowest BCUT2D eigenvalue weighted by Gasteiger charge is -2.24. The summed E-state index contributed by atoms with van der Waals surface area (Å²) in [5, 5.41) is 6.89. The minimum absolute atomic E-state index is 0.619. The minimum Gasteiger partial charge on any atom is -0.372 e. The van der Waals surface area contributed by atoms with E-state index in [2.05, 4.69) is 63.8 Å². The Labute approximate surface area is 175 Å². The van der Waals surface area contributed by atoms with Gasteiger partial charge in [0.1, 0.15) is 0 Å². The summed E-state index contributed by atoms with van der Waals surface area (Å²) in [5.41, 5.74) is 3.62. The third kappa shape index (κ3) is 6.87. The monoisotopic (exact) mass is 394 g/mol. The van der Waals surface area contributed by atoms with Gasteiger partial charge in [-0.2, -0.15) is 0 Å². The highest BCUT2D eigenvalue weighted by Crippen LogP contribution is 2.15. The van der Waals surface area contributed by atoms with E-state index in [0.717, 1.165) is 25.6 Å². The number of nitrogens with one attached hydrogen (secondary N) is 2. The van der Waals surface area contributed by atoms with Gasteiger partial charge in [0.2, 0.25) is 0 Å². The molecule has 1 unspecified atom stereocenters. The number of aliphatic imine (C=N–C) groups is 1. The molecule has 0 aliphatic carbocycles. The van der Waals surface area contributed by atoms with Crippen LogP contribution >= 0.6 is 0 Å². The fourth-order valence-electron chi connectivity index (χ4n) is 3.78. The van der Waals surface area contributed by atoms with Crippen LogP contribution in [-0.2, 0) is 24.5 Å². The maximum Gasteiger partial charge on any atom is 0.191 e.